The molecule has 0 spiro atoms. The van der Waals surface area contributed by atoms with Crippen LogP contribution in [0.2, 0.25) is 0 Å². The fourth-order valence-electron chi connectivity index (χ4n) is 1.49. The monoisotopic (exact) mass is 241 g/mol. The van der Waals surface area contributed by atoms with E-state index in [1.807, 2.05) is 18.4 Å². The van der Waals surface area contributed by atoms with Gasteiger partial charge in [0.15, 0.2) is 0 Å². The van der Waals surface area contributed by atoms with Gasteiger partial charge in [-0.3, -0.25) is 4.79 Å². The fraction of sp³-hybridized carbons (Fsp3) is 0.583. The fourth-order valence-corrected chi connectivity index (χ4v) is 2.31. The molecule has 0 aliphatic heterocycles. The zero-order valence-corrected chi connectivity index (χ0v) is 10.7. The number of rotatable bonds is 7. The standard InChI is InChI=1S/C12H19NO2S/c1-3-6-10(11-7-5-8-16-11)13-12(14)9-15-4-2/h5,7-8,10H,3-4,6,9H2,1-2H3,(H,13,14). The molecule has 4 heteroatoms. The van der Waals surface area contributed by atoms with E-state index in [2.05, 4.69) is 18.3 Å². The average molecular weight is 241 g/mol. The highest BCUT2D eigenvalue weighted by atomic mass is 32.1. The second-order valence-corrected chi connectivity index (χ2v) is 4.54. The molecule has 1 unspecified atom stereocenters. The van der Waals surface area contributed by atoms with Crippen molar-refractivity contribution in [2.24, 2.45) is 0 Å². The molecule has 0 fully saturated rings. The first-order valence-electron chi connectivity index (χ1n) is 5.68. The van der Waals surface area contributed by atoms with Gasteiger partial charge in [0.1, 0.15) is 6.61 Å². The van der Waals surface area contributed by atoms with Crippen molar-refractivity contribution in [3.05, 3.63) is 22.4 Å². The molecule has 1 heterocycles. The highest BCUT2D eigenvalue weighted by Crippen LogP contribution is 2.22. The Balaban J connectivity index is 2.48. The number of carbonyl (C=O) groups excluding carboxylic acids is 1. The van der Waals surface area contributed by atoms with E-state index in [1.54, 1.807) is 11.3 Å². The number of hydrogen-bond acceptors (Lipinski definition) is 3. The molecule has 1 amide bonds. The minimum atomic E-state index is -0.0336. The van der Waals surface area contributed by atoms with Gasteiger partial charge >= 0.3 is 0 Å². The molecular weight excluding hydrogens is 222 g/mol. The number of carbonyl (C=O) groups is 1. The van der Waals surface area contributed by atoms with Crippen LogP contribution in [0.5, 0.6) is 0 Å². The molecule has 16 heavy (non-hydrogen) atoms. The van der Waals surface area contributed by atoms with E-state index in [-0.39, 0.29) is 18.6 Å². The molecule has 1 atom stereocenters. The van der Waals surface area contributed by atoms with Gasteiger partial charge in [0.05, 0.1) is 6.04 Å². The van der Waals surface area contributed by atoms with Gasteiger partial charge in [0.25, 0.3) is 0 Å². The molecule has 0 radical (unpaired) electrons. The lowest BCUT2D eigenvalue weighted by Gasteiger charge is -2.16. The van der Waals surface area contributed by atoms with Crippen LogP contribution in [0.1, 0.15) is 37.6 Å². The quantitative estimate of drug-likeness (QED) is 0.797. The van der Waals surface area contributed by atoms with E-state index in [4.69, 9.17) is 4.74 Å². The average Bonchev–Trinajstić information content (AvgIpc) is 2.79. The summed E-state index contributed by atoms with van der Waals surface area (Å²) in [5, 5.41) is 5.04. The predicted molar refractivity (Wildman–Crippen MR) is 66.6 cm³/mol. The summed E-state index contributed by atoms with van der Waals surface area (Å²) in [6.45, 7) is 4.73. The topological polar surface area (TPSA) is 38.3 Å². The Morgan fingerprint density at radius 2 is 2.38 bits per heavy atom. The Bertz CT molecular complexity index is 298. The minimum Gasteiger partial charge on any atom is -0.372 e. The number of ether oxygens (including phenoxy) is 1. The van der Waals surface area contributed by atoms with Crippen LogP contribution in [-0.2, 0) is 9.53 Å². The first kappa shape index (κ1) is 13.2. The van der Waals surface area contributed by atoms with Gasteiger partial charge < -0.3 is 10.1 Å². The van der Waals surface area contributed by atoms with E-state index in [0.29, 0.717) is 6.61 Å². The van der Waals surface area contributed by atoms with Crippen molar-refractivity contribution >= 4 is 17.2 Å². The molecule has 0 bridgehead atoms. The molecule has 3 nitrogen and oxygen atoms in total. The van der Waals surface area contributed by atoms with Crippen molar-refractivity contribution in [2.45, 2.75) is 32.7 Å². The van der Waals surface area contributed by atoms with Gasteiger partial charge in [-0.15, -0.1) is 11.3 Å². The highest BCUT2D eigenvalue weighted by molar-refractivity contribution is 7.10. The lowest BCUT2D eigenvalue weighted by molar-refractivity contribution is -0.126. The van der Waals surface area contributed by atoms with Crippen molar-refractivity contribution in [1.82, 2.24) is 5.32 Å². The normalized spacial score (nSPS) is 12.4. The smallest absolute Gasteiger partial charge is 0.246 e. The van der Waals surface area contributed by atoms with Gasteiger partial charge in [0.2, 0.25) is 5.91 Å². The summed E-state index contributed by atoms with van der Waals surface area (Å²) in [5.41, 5.74) is 0. The first-order chi connectivity index (χ1) is 7.77. The maximum Gasteiger partial charge on any atom is 0.246 e. The summed E-state index contributed by atoms with van der Waals surface area (Å²) < 4.78 is 5.08. The van der Waals surface area contributed by atoms with Crippen LogP contribution < -0.4 is 5.32 Å². The number of thiophene rings is 1. The minimum absolute atomic E-state index is 0.0336. The Kier molecular flexibility index (Phi) is 6.11. The SMILES string of the molecule is CCCC(NC(=O)COCC)c1cccs1. The second-order valence-electron chi connectivity index (χ2n) is 3.56. The second kappa shape index (κ2) is 7.41. The first-order valence-corrected chi connectivity index (χ1v) is 6.56. The Labute approximate surface area is 101 Å². The number of amides is 1. The van der Waals surface area contributed by atoms with Crippen LogP contribution in [-0.4, -0.2) is 19.1 Å². The summed E-state index contributed by atoms with van der Waals surface area (Å²) in [6, 6.07) is 4.21. The summed E-state index contributed by atoms with van der Waals surface area (Å²) in [6.07, 6.45) is 2.02. The van der Waals surface area contributed by atoms with Gasteiger partial charge in [-0.05, 0) is 24.8 Å². The van der Waals surface area contributed by atoms with Crippen molar-refractivity contribution in [3.63, 3.8) is 0 Å². The van der Waals surface area contributed by atoms with E-state index >= 15 is 0 Å². The molecule has 0 aliphatic rings. The molecule has 0 saturated heterocycles. The summed E-state index contributed by atoms with van der Waals surface area (Å²) in [5.74, 6) is -0.0336. The van der Waals surface area contributed by atoms with Crippen LogP contribution in [0.15, 0.2) is 17.5 Å². The van der Waals surface area contributed by atoms with Gasteiger partial charge in [-0.2, -0.15) is 0 Å². The molecule has 1 aromatic heterocycles. The molecule has 0 saturated carbocycles. The summed E-state index contributed by atoms with van der Waals surface area (Å²) >= 11 is 1.68. The van der Waals surface area contributed by atoms with E-state index in [1.165, 1.54) is 4.88 Å². The van der Waals surface area contributed by atoms with Crippen molar-refractivity contribution in [2.75, 3.05) is 13.2 Å². The van der Waals surface area contributed by atoms with E-state index < -0.39 is 0 Å². The third kappa shape index (κ3) is 4.33. The van der Waals surface area contributed by atoms with Crippen LogP contribution in [0.3, 0.4) is 0 Å². The largest absolute Gasteiger partial charge is 0.372 e. The van der Waals surface area contributed by atoms with E-state index in [0.717, 1.165) is 12.8 Å². The van der Waals surface area contributed by atoms with Crippen molar-refractivity contribution < 1.29 is 9.53 Å². The van der Waals surface area contributed by atoms with Crippen LogP contribution in [0.25, 0.3) is 0 Å². The Hall–Kier alpha value is -0.870. The van der Waals surface area contributed by atoms with Gasteiger partial charge in [-0.1, -0.05) is 19.4 Å². The van der Waals surface area contributed by atoms with Gasteiger partial charge in [-0.25, -0.2) is 0 Å². The maximum atomic E-state index is 11.6. The van der Waals surface area contributed by atoms with Crippen molar-refractivity contribution in [1.29, 1.82) is 0 Å². The van der Waals surface area contributed by atoms with Crippen molar-refractivity contribution in [3.8, 4) is 0 Å². The molecule has 1 aromatic rings. The third-order valence-corrected chi connectivity index (χ3v) is 3.22. The summed E-state index contributed by atoms with van der Waals surface area (Å²) in [4.78, 5) is 12.8. The molecule has 90 valence electrons. The Morgan fingerprint density at radius 1 is 1.56 bits per heavy atom. The van der Waals surface area contributed by atoms with Crippen LogP contribution in [0.4, 0.5) is 0 Å². The van der Waals surface area contributed by atoms with Gasteiger partial charge in [0, 0.05) is 11.5 Å². The zero-order valence-electron chi connectivity index (χ0n) is 9.86. The highest BCUT2D eigenvalue weighted by Gasteiger charge is 2.14. The number of hydrogen-bond donors (Lipinski definition) is 1. The number of nitrogens with one attached hydrogen (secondary N) is 1. The molecule has 1 rings (SSSR count). The summed E-state index contributed by atoms with van der Waals surface area (Å²) in [7, 11) is 0. The zero-order chi connectivity index (χ0) is 11.8. The molecule has 1 N–H and O–H groups in total. The maximum absolute atomic E-state index is 11.6. The molecule has 0 aliphatic carbocycles. The Morgan fingerprint density at radius 3 is 2.94 bits per heavy atom. The molecular formula is C12H19NO2S. The third-order valence-electron chi connectivity index (χ3n) is 2.24. The molecule has 0 aromatic carbocycles. The lowest BCUT2D eigenvalue weighted by Crippen LogP contribution is -2.31. The van der Waals surface area contributed by atoms with Crippen LogP contribution in [0, 0.1) is 0 Å². The predicted octanol–water partition coefficient (Wildman–Crippen LogP) is 2.74. The van der Waals surface area contributed by atoms with Crippen LogP contribution >= 0.6 is 11.3 Å². The lowest BCUT2D eigenvalue weighted by atomic mass is 10.1. The van der Waals surface area contributed by atoms with E-state index in [9.17, 15) is 4.79 Å².